The minimum Gasteiger partial charge on any atom is -0.393 e. The van der Waals surface area contributed by atoms with E-state index in [2.05, 4.69) is 13.0 Å². The summed E-state index contributed by atoms with van der Waals surface area (Å²) in [4.78, 5) is 16.1. The van der Waals surface area contributed by atoms with Gasteiger partial charge in [-0.3, -0.25) is 9.69 Å². The lowest BCUT2D eigenvalue weighted by Crippen LogP contribution is -2.44. The molecule has 0 spiro atoms. The van der Waals surface area contributed by atoms with Gasteiger partial charge in [0.2, 0.25) is 5.91 Å². The van der Waals surface area contributed by atoms with E-state index in [1.807, 2.05) is 29.0 Å². The zero-order valence-electron chi connectivity index (χ0n) is 13.2. The van der Waals surface area contributed by atoms with Crippen molar-refractivity contribution in [2.75, 3.05) is 26.7 Å². The highest BCUT2D eigenvalue weighted by atomic mass is 16.3. The summed E-state index contributed by atoms with van der Waals surface area (Å²) in [5.41, 5.74) is 1.73. The van der Waals surface area contributed by atoms with E-state index < -0.39 is 0 Å². The summed E-state index contributed by atoms with van der Waals surface area (Å²) in [5.74, 6) is 0.106. The molecule has 1 unspecified atom stereocenters. The summed E-state index contributed by atoms with van der Waals surface area (Å²) in [5, 5.41) is 18.3. The first kappa shape index (κ1) is 16.5. The number of hydrogen-bond acceptors (Lipinski definition) is 4. The number of likely N-dealkylation sites (tertiary alicyclic amines) is 1. The zero-order valence-corrected chi connectivity index (χ0v) is 13.2. The molecule has 0 saturated carbocycles. The molecule has 1 aliphatic rings. The molecule has 1 N–H and O–H groups in total. The summed E-state index contributed by atoms with van der Waals surface area (Å²) in [6.07, 6.45) is 1.07. The first-order valence-corrected chi connectivity index (χ1v) is 7.67. The molecule has 118 valence electrons. The van der Waals surface area contributed by atoms with Gasteiger partial charge in [0.15, 0.2) is 0 Å². The molecule has 0 radical (unpaired) electrons. The Hall–Kier alpha value is -1.90. The summed E-state index contributed by atoms with van der Waals surface area (Å²) in [6.45, 7) is 3.68. The molecule has 1 amide bonds. The topological polar surface area (TPSA) is 67.6 Å². The van der Waals surface area contributed by atoms with Crippen LogP contribution in [0, 0.1) is 11.3 Å². The maximum absolute atomic E-state index is 12.3. The fourth-order valence-corrected chi connectivity index (χ4v) is 2.66. The molecule has 1 aliphatic heterocycles. The smallest absolute Gasteiger partial charge is 0.236 e. The monoisotopic (exact) mass is 301 g/mol. The first-order valence-electron chi connectivity index (χ1n) is 7.67. The Balaban J connectivity index is 1.91. The standard InChI is InChI=1S/C17H23N3O2/c1-13(15-5-3-14(11-18)4-6-15)19(2)12-17(22)20-9-7-16(21)8-10-20/h3-6,13,16,21H,7-10,12H2,1-2H3. The molecule has 0 aliphatic carbocycles. The lowest BCUT2D eigenvalue weighted by molar-refractivity contribution is -0.134. The molecule has 1 aromatic carbocycles. The molecule has 0 aromatic heterocycles. The predicted octanol–water partition coefficient (Wildman–Crippen LogP) is 1.53. The second-order valence-electron chi connectivity index (χ2n) is 5.94. The highest BCUT2D eigenvalue weighted by Crippen LogP contribution is 2.19. The lowest BCUT2D eigenvalue weighted by Gasteiger charge is -2.32. The molecule has 5 heteroatoms. The minimum absolute atomic E-state index is 0.104. The van der Waals surface area contributed by atoms with Gasteiger partial charge in [0, 0.05) is 19.1 Å². The number of aliphatic hydroxyl groups excluding tert-OH is 1. The fourth-order valence-electron chi connectivity index (χ4n) is 2.66. The maximum Gasteiger partial charge on any atom is 0.236 e. The van der Waals surface area contributed by atoms with Gasteiger partial charge in [0.05, 0.1) is 24.3 Å². The van der Waals surface area contributed by atoms with Gasteiger partial charge < -0.3 is 10.0 Å². The highest BCUT2D eigenvalue weighted by molar-refractivity contribution is 5.78. The van der Waals surface area contributed by atoms with Gasteiger partial charge in [-0.05, 0) is 44.5 Å². The Morgan fingerprint density at radius 2 is 2.00 bits per heavy atom. The molecule has 1 aromatic rings. The van der Waals surface area contributed by atoms with Crippen molar-refractivity contribution in [2.45, 2.75) is 31.9 Å². The van der Waals surface area contributed by atoms with E-state index in [-0.39, 0.29) is 18.1 Å². The van der Waals surface area contributed by atoms with Gasteiger partial charge in [-0.25, -0.2) is 0 Å². The SMILES string of the molecule is CC(c1ccc(C#N)cc1)N(C)CC(=O)N1CCC(O)CC1. The number of hydrogen-bond donors (Lipinski definition) is 1. The maximum atomic E-state index is 12.3. The summed E-state index contributed by atoms with van der Waals surface area (Å²) in [6, 6.07) is 9.67. The van der Waals surface area contributed by atoms with Crippen molar-refractivity contribution in [3.63, 3.8) is 0 Å². The van der Waals surface area contributed by atoms with Crippen molar-refractivity contribution in [3.8, 4) is 6.07 Å². The van der Waals surface area contributed by atoms with Gasteiger partial charge >= 0.3 is 0 Å². The second kappa shape index (κ2) is 7.39. The average molecular weight is 301 g/mol. The Bertz CT molecular complexity index is 542. The predicted molar refractivity (Wildman–Crippen MR) is 84.0 cm³/mol. The number of rotatable bonds is 4. The van der Waals surface area contributed by atoms with Gasteiger partial charge in [-0.2, -0.15) is 5.26 Å². The Morgan fingerprint density at radius 3 is 2.55 bits per heavy atom. The lowest BCUT2D eigenvalue weighted by atomic mass is 10.1. The summed E-state index contributed by atoms with van der Waals surface area (Å²) >= 11 is 0. The van der Waals surface area contributed by atoms with Crippen molar-refractivity contribution in [2.24, 2.45) is 0 Å². The third-order valence-corrected chi connectivity index (χ3v) is 4.39. The van der Waals surface area contributed by atoms with Crippen LogP contribution in [0.15, 0.2) is 24.3 Å². The largest absolute Gasteiger partial charge is 0.393 e. The molecule has 1 saturated heterocycles. The third kappa shape index (κ3) is 4.06. The van der Waals surface area contributed by atoms with Gasteiger partial charge in [0.25, 0.3) is 0 Å². The first-order chi connectivity index (χ1) is 10.5. The number of amides is 1. The van der Waals surface area contributed by atoms with Crippen LogP contribution in [0.1, 0.15) is 36.9 Å². The van der Waals surface area contributed by atoms with E-state index in [4.69, 9.17) is 5.26 Å². The van der Waals surface area contributed by atoms with Gasteiger partial charge in [-0.1, -0.05) is 12.1 Å². The van der Waals surface area contributed by atoms with Crippen molar-refractivity contribution in [1.29, 1.82) is 5.26 Å². The van der Waals surface area contributed by atoms with Crippen LogP contribution in [0.5, 0.6) is 0 Å². The van der Waals surface area contributed by atoms with E-state index in [0.29, 0.717) is 38.0 Å². The van der Waals surface area contributed by atoms with Crippen LogP contribution in [-0.2, 0) is 4.79 Å². The molecule has 5 nitrogen and oxygen atoms in total. The van der Waals surface area contributed by atoms with Crippen molar-refractivity contribution in [1.82, 2.24) is 9.80 Å². The number of aliphatic hydroxyl groups is 1. The zero-order chi connectivity index (χ0) is 16.1. The Kier molecular flexibility index (Phi) is 5.53. The number of carbonyl (C=O) groups is 1. The molecule has 22 heavy (non-hydrogen) atoms. The summed E-state index contributed by atoms with van der Waals surface area (Å²) in [7, 11) is 1.93. The normalized spacial score (nSPS) is 17.3. The second-order valence-corrected chi connectivity index (χ2v) is 5.94. The van der Waals surface area contributed by atoms with E-state index in [1.54, 1.807) is 12.1 Å². The summed E-state index contributed by atoms with van der Waals surface area (Å²) < 4.78 is 0. The van der Waals surface area contributed by atoms with Gasteiger partial charge in [0.1, 0.15) is 0 Å². The molecule has 2 rings (SSSR count). The van der Waals surface area contributed by atoms with Crippen LogP contribution >= 0.6 is 0 Å². The van der Waals surface area contributed by atoms with Crippen molar-refractivity contribution in [3.05, 3.63) is 35.4 Å². The average Bonchev–Trinajstić information content (AvgIpc) is 2.54. The number of nitriles is 1. The number of benzene rings is 1. The fraction of sp³-hybridized carbons (Fsp3) is 0.529. The van der Waals surface area contributed by atoms with E-state index in [0.717, 1.165) is 5.56 Å². The molecule has 0 bridgehead atoms. The number of likely N-dealkylation sites (N-methyl/N-ethyl adjacent to an activating group) is 1. The third-order valence-electron chi connectivity index (χ3n) is 4.39. The van der Waals surface area contributed by atoms with Gasteiger partial charge in [-0.15, -0.1) is 0 Å². The quantitative estimate of drug-likeness (QED) is 0.916. The van der Waals surface area contributed by atoms with Crippen molar-refractivity contribution < 1.29 is 9.90 Å². The highest BCUT2D eigenvalue weighted by Gasteiger charge is 2.23. The Labute approximate surface area is 131 Å². The molecule has 1 heterocycles. The molecule has 1 atom stereocenters. The minimum atomic E-state index is -0.264. The van der Waals surface area contributed by atoms with E-state index in [1.165, 1.54) is 0 Å². The number of piperidine rings is 1. The van der Waals surface area contributed by atoms with E-state index >= 15 is 0 Å². The van der Waals surface area contributed by atoms with Crippen LogP contribution < -0.4 is 0 Å². The Morgan fingerprint density at radius 1 is 1.41 bits per heavy atom. The van der Waals surface area contributed by atoms with E-state index in [9.17, 15) is 9.90 Å². The number of carbonyl (C=O) groups excluding carboxylic acids is 1. The molecular weight excluding hydrogens is 278 g/mol. The van der Waals surface area contributed by atoms with Crippen LogP contribution in [0.3, 0.4) is 0 Å². The molecular formula is C17H23N3O2. The van der Waals surface area contributed by atoms with Crippen molar-refractivity contribution >= 4 is 5.91 Å². The van der Waals surface area contributed by atoms with Crippen LogP contribution in [0.25, 0.3) is 0 Å². The van der Waals surface area contributed by atoms with Crippen LogP contribution in [0.2, 0.25) is 0 Å². The van der Waals surface area contributed by atoms with Crippen LogP contribution in [-0.4, -0.2) is 53.6 Å². The number of nitrogens with zero attached hydrogens (tertiary/aromatic N) is 3. The molecule has 1 fully saturated rings. The van der Waals surface area contributed by atoms with Crippen LogP contribution in [0.4, 0.5) is 0 Å².